The van der Waals surface area contributed by atoms with Crippen LogP contribution in [0.3, 0.4) is 0 Å². The van der Waals surface area contributed by atoms with Crippen LogP contribution in [0.2, 0.25) is 0 Å². The first-order valence-electron chi connectivity index (χ1n) is 10.5. The van der Waals surface area contributed by atoms with Crippen LogP contribution in [0.5, 0.6) is 5.75 Å². The molecule has 0 aliphatic carbocycles. The van der Waals surface area contributed by atoms with Gasteiger partial charge in [0, 0.05) is 16.4 Å². The Morgan fingerprint density at radius 3 is 2.58 bits per heavy atom. The lowest BCUT2D eigenvalue weighted by atomic mass is 9.95. The monoisotopic (exact) mass is 513 g/mol. The number of furan rings is 1. The summed E-state index contributed by atoms with van der Waals surface area (Å²) in [7, 11) is 1.56. The van der Waals surface area contributed by atoms with Gasteiger partial charge >= 0.3 is 0 Å². The molecule has 0 fully saturated rings. The highest BCUT2D eigenvalue weighted by molar-refractivity contribution is 9.10. The summed E-state index contributed by atoms with van der Waals surface area (Å²) in [5, 5.41) is 11.5. The van der Waals surface area contributed by atoms with Gasteiger partial charge in [0.15, 0.2) is 11.5 Å². The Hall–Kier alpha value is -3.10. The zero-order chi connectivity index (χ0) is 23.7. The number of nitrogens with zero attached hydrogens (tertiary/aromatic N) is 1. The molecule has 33 heavy (non-hydrogen) atoms. The van der Waals surface area contributed by atoms with Crippen molar-refractivity contribution in [3.8, 4) is 5.75 Å². The number of halogens is 1. The van der Waals surface area contributed by atoms with Crippen LogP contribution in [0.25, 0.3) is 11.0 Å². The van der Waals surface area contributed by atoms with Crippen molar-refractivity contribution in [3.63, 3.8) is 0 Å². The Bertz CT molecular complexity index is 1230. The molecule has 2 heterocycles. The van der Waals surface area contributed by atoms with Crippen LogP contribution in [-0.2, 0) is 9.53 Å². The van der Waals surface area contributed by atoms with Crippen LogP contribution in [0, 0.1) is 0 Å². The van der Waals surface area contributed by atoms with Crippen LogP contribution >= 0.6 is 15.9 Å². The van der Waals surface area contributed by atoms with Crippen molar-refractivity contribution in [2.24, 2.45) is 0 Å². The molecule has 8 heteroatoms. The van der Waals surface area contributed by atoms with Crippen LogP contribution in [0.15, 0.2) is 68.8 Å². The number of amides is 1. The van der Waals surface area contributed by atoms with Crippen molar-refractivity contribution in [1.82, 2.24) is 4.90 Å². The summed E-state index contributed by atoms with van der Waals surface area (Å²) < 4.78 is 17.5. The molecule has 1 aliphatic heterocycles. The summed E-state index contributed by atoms with van der Waals surface area (Å²) in [6.45, 7) is 4.28. The molecular weight excluding hydrogens is 490 g/mol. The number of methoxy groups -OCH3 is 1. The number of hydrogen-bond acceptors (Lipinski definition) is 6. The zero-order valence-corrected chi connectivity index (χ0v) is 20.1. The van der Waals surface area contributed by atoms with Gasteiger partial charge in [-0.3, -0.25) is 9.59 Å². The highest BCUT2D eigenvalue weighted by atomic mass is 79.9. The summed E-state index contributed by atoms with van der Waals surface area (Å²) >= 11 is 3.41. The number of ether oxygens (including phenoxy) is 2. The summed E-state index contributed by atoms with van der Waals surface area (Å²) in [5.74, 6) is -1.04. The van der Waals surface area contributed by atoms with Crippen molar-refractivity contribution >= 4 is 38.6 Å². The fraction of sp³-hybridized carbons (Fsp3) is 0.280. The molecule has 1 amide bonds. The number of carbonyl (C=O) groups excluding carboxylic acids is 2. The molecule has 2 aromatic carbocycles. The van der Waals surface area contributed by atoms with Gasteiger partial charge in [0.25, 0.3) is 5.91 Å². The molecule has 1 atom stereocenters. The summed E-state index contributed by atoms with van der Waals surface area (Å²) in [5.41, 5.74) is 1.18. The number of aliphatic hydroxyl groups is 1. The standard InChI is InChI=1S/C25H24BrNO6/c1-14(2)32-11-10-27-22(15-4-7-18(31-3)8-5-15)21(24(29)25(27)30)23(28)20-13-16-12-17(26)6-9-19(16)33-20/h4-9,12-14,22,29H,10-11H2,1-3H3. The average molecular weight is 514 g/mol. The number of hydrogen-bond donors (Lipinski definition) is 1. The second kappa shape index (κ2) is 9.41. The second-order valence-corrected chi connectivity index (χ2v) is 8.89. The van der Waals surface area contributed by atoms with Crippen LogP contribution in [-0.4, -0.2) is 48.1 Å². The largest absolute Gasteiger partial charge is 0.503 e. The van der Waals surface area contributed by atoms with E-state index in [4.69, 9.17) is 13.9 Å². The lowest BCUT2D eigenvalue weighted by Crippen LogP contribution is -2.34. The third-order valence-corrected chi connectivity index (χ3v) is 5.96. The third kappa shape index (κ3) is 4.54. The maximum Gasteiger partial charge on any atom is 0.290 e. The lowest BCUT2D eigenvalue weighted by Gasteiger charge is -2.27. The van der Waals surface area contributed by atoms with Gasteiger partial charge in [-0.25, -0.2) is 0 Å². The molecule has 0 saturated heterocycles. The number of aliphatic hydroxyl groups excluding tert-OH is 1. The fourth-order valence-electron chi connectivity index (χ4n) is 3.89. The van der Waals surface area contributed by atoms with Gasteiger partial charge in [-0.1, -0.05) is 28.1 Å². The maximum atomic E-state index is 13.5. The number of Topliss-reactive ketones (excluding diaryl/α,β-unsaturated/α-hetero) is 1. The molecule has 0 saturated carbocycles. The second-order valence-electron chi connectivity index (χ2n) is 7.98. The Kier molecular flexibility index (Phi) is 6.58. The fourth-order valence-corrected chi connectivity index (χ4v) is 4.27. The van der Waals surface area contributed by atoms with E-state index in [1.165, 1.54) is 4.90 Å². The minimum atomic E-state index is -0.786. The highest BCUT2D eigenvalue weighted by Crippen LogP contribution is 2.40. The van der Waals surface area contributed by atoms with Gasteiger partial charge < -0.3 is 23.9 Å². The van der Waals surface area contributed by atoms with E-state index in [0.717, 1.165) is 9.86 Å². The van der Waals surface area contributed by atoms with Gasteiger partial charge in [0.1, 0.15) is 11.3 Å². The van der Waals surface area contributed by atoms with E-state index in [0.29, 0.717) is 16.9 Å². The van der Waals surface area contributed by atoms with E-state index in [-0.39, 0.29) is 30.6 Å². The first kappa shape index (κ1) is 23.1. The van der Waals surface area contributed by atoms with Crippen molar-refractivity contribution in [2.45, 2.75) is 26.0 Å². The quantitative estimate of drug-likeness (QED) is 0.416. The van der Waals surface area contributed by atoms with E-state index in [2.05, 4.69) is 15.9 Å². The molecule has 0 spiro atoms. The predicted octanol–water partition coefficient (Wildman–Crippen LogP) is 5.21. The molecule has 172 valence electrons. The van der Waals surface area contributed by atoms with Gasteiger partial charge in [0.05, 0.1) is 31.4 Å². The van der Waals surface area contributed by atoms with Crippen molar-refractivity contribution in [1.29, 1.82) is 0 Å². The van der Waals surface area contributed by atoms with Gasteiger partial charge in [-0.05, 0) is 55.8 Å². The summed E-state index contributed by atoms with van der Waals surface area (Å²) in [6, 6.07) is 13.3. The smallest absolute Gasteiger partial charge is 0.290 e. The maximum absolute atomic E-state index is 13.5. The minimum absolute atomic E-state index is 0.0142. The first-order valence-corrected chi connectivity index (χ1v) is 11.3. The Labute approximate surface area is 199 Å². The van der Waals surface area contributed by atoms with Crippen LogP contribution < -0.4 is 4.74 Å². The molecule has 4 rings (SSSR count). The molecule has 1 aliphatic rings. The normalized spacial score (nSPS) is 16.3. The van der Waals surface area contributed by atoms with Gasteiger partial charge in [0.2, 0.25) is 5.78 Å². The average Bonchev–Trinajstić information content (AvgIpc) is 3.32. The summed E-state index contributed by atoms with van der Waals surface area (Å²) in [4.78, 5) is 28.0. The first-order chi connectivity index (χ1) is 15.8. The van der Waals surface area contributed by atoms with Crippen molar-refractivity contribution in [3.05, 3.63) is 75.7 Å². The van der Waals surface area contributed by atoms with Crippen LogP contribution in [0.1, 0.15) is 36.0 Å². The van der Waals surface area contributed by atoms with E-state index in [9.17, 15) is 14.7 Å². The van der Waals surface area contributed by atoms with Gasteiger partial charge in [-0.2, -0.15) is 0 Å². The van der Waals surface area contributed by atoms with E-state index >= 15 is 0 Å². The van der Waals surface area contributed by atoms with Gasteiger partial charge in [-0.15, -0.1) is 0 Å². The molecule has 0 radical (unpaired) electrons. The van der Waals surface area contributed by atoms with E-state index < -0.39 is 23.5 Å². The molecule has 0 bridgehead atoms. The van der Waals surface area contributed by atoms with E-state index in [1.54, 1.807) is 43.5 Å². The molecule has 1 N–H and O–H groups in total. The molecule has 1 aromatic heterocycles. The zero-order valence-electron chi connectivity index (χ0n) is 18.5. The number of rotatable bonds is 8. The molecular formula is C25H24BrNO6. The summed E-state index contributed by atoms with van der Waals surface area (Å²) in [6.07, 6.45) is -0.0142. The molecule has 7 nitrogen and oxygen atoms in total. The predicted molar refractivity (Wildman–Crippen MR) is 126 cm³/mol. The molecule has 3 aromatic rings. The minimum Gasteiger partial charge on any atom is -0.503 e. The van der Waals surface area contributed by atoms with Crippen LogP contribution in [0.4, 0.5) is 0 Å². The highest BCUT2D eigenvalue weighted by Gasteiger charge is 2.44. The number of carbonyl (C=O) groups is 2. The van der Waals surface area contributed by atoms with E-state index in [1.807, 2.05) is 26.0 Å². The Morgan fingerprint density at radius 1 is 1.18 bits per heavy atom. The van der Waals surface area contributed by atoms with Crippen molar-refractivity contribution < 1.29 is 28.6 Å². The number of ketones is 1. The number of fused-ring (bicyclic) bond motifs is 1. The Balaban J connectivity index is 1.74. The number of benzene rings is 2. The Morgan fingerprint density at radius 2 is 1.91 bits per heavy atom. The third-order valence-electron chi connectivity index (χ3n) is 5.47. The SMILES string of the molecule is COc1ccc(C2C(C(=O)c3cc4cc(Br)ccc4o3)=C(O)C(=O)N2CCOC(C)C)cc1. The van der Waals surface area contributed by atoms with Crippen molar-refractivity contribution in [2.75, 3.05) is 20.3 Å². The topological polar surface area (TPSA) is 89.2 Å². The lowest BCUT2D eigenvalue weighted by molar-refractivity contribution is -0.130. The molecule has 1 unspecified atom stereocenters.